The highest BCUT2D eigenvalue weighted by Crippen LogP contribution is 2.17. The smallest absolute Gasteiger partial charge is 0.0699 e. The Balaban J connectivity index is 1.68. The van der Waals surface area contributed by atoms with Gasteiger partial charge in [0.1, 0.15) is 0 Å². The largest absolute Gasteiger partial charge is 0.377 e. The molecule has 0 bridgehead atoms. The average Bonchev–Trinajstić information content (AvgIpc) is 2.29. The molecular formula is C13H26N2O. The quantitative estimate of drug-likeness (QED) is 0.789. The van der Waals surface area contributed by atoms with Crippen molar-refractivity contribution in [3.63, 3.8) is 0 Å². The van der Waals surface area contributed by atoms with E-state index < -0.39 is 0 Å². The first-order chi connectivity index (χ1) is 7.75. The van der Waals surface area contributed by atoms with Gasteiger partial charge < -0.3 is 15.0 Å². The van der Waals surface area contributed by atoms with Gasteiger partial charge in [0.15, 0.2) is 0 Å². The van der Waals surface area contributed by atoms with E-state index in [9.17, 15) is 0 Å². The summed E-state index contributed by atoms with van der Waals surface area (Å²) >= 11 is 0. The van der Waals surface area contributed by atoms with Gasteiger partial charge in [0.2, 0.25) is 0 Å². The number of rotatable bonds is 3. The second kappa shape index (κ2) is 5.99. The van der Waals surface area contributed by atoms with Crippen LogP contribution in [0.1, 0.15) is 32.6 Å². The Bertz CT molecular complexity index is 204. The first-order valence-corrected chi connectivity index (χ1v) is 6.79. The summed E-state index contributed by atoms with van der Waals surface area (Å²) in [6, 6.07) is 0.696. The minimum absolute atomic E-state index is 0.473. The van der Waals surface area contributed by atoms with Gasteiger partial charge in [-0.2, -0.15) is 0 Å². The normalized spacial score (nSPS) is 37.5. The lowest BCUT2D eigenvalue weighted by molar-refractivity contribution is 0.0124. The zero-order chi connectivity index (χ0) is 11.4. The van der Waals surface area contributed by atoms with Crippen molar-refractivity contribution in [3.8, 4) is 0 Å². The second-order valence-electron chi connectivity index (χ2n) is 5.53. The summed E-state index contributed by atoms with van der Waals surface area (Å²) in [5, 5.41) is 3.71. The van der Waals surface area contributed by atoms with Crippen LogP contribution in [0, 0.1) is 5.92 Å². The van der Waals surface area contributed by atoms with Crippen LogP contribution in [0.2, 0.25) is 0 Å². The van der Waals surface area contributed by atoms with Gasteiger partial charge in [-0.25, -0.2) is 0 Å². The van der Waals surface area contributed by atoms with E-state index in [1.54, 1.807) is 0 Å². The van der Waals surface area contributed by atoms with Crippen molar-refractivity contribution in [3.05, 3.63) is 0 Å². The lowest BCUT2D eigenvalue weighted by Gasteiger charge is -2.36. The number of ether oxygens (including phenoxy) is 1. The molecule has 16 heavy (non-hydrogen) atoms. The molecule has 3 nitrogen and oxygen atoms in total. The Morgan fingerprint density at radius 2 is 2.19 bits per heavy atom. The summed E-state index contributed by atoms with van der Waals surface area (Å²) in [5.41, 5.74) is 0. The first-order valence-electron chi connectivity index (χ1n) is 6.79. The molecular weight excluding hydrogens is 200 g/mol. The predicted molar refractivity (Wildman–Crippen MR) is 66.7 cm³/mol. The minimum Gasteiger partial charge on any atom is -0.377 e. The summed E-state index contributed by atoms with van der Waals surface area (Å²) in [6.45, 7) is 6.83. The molecule has 3 unspecified atom stereocenters. The zero-order valence-corrected chi connectivity index (χ0v) is 10.7. The molecule has 94 valence electrons. The summed E-state index contributed by atoms with van der Waals surface area (Å²) in [6.07, 6.45) is 5.59. The molecule has 0 aliphatic carbocycles. The van der Waals surface area contributed by atoms with Crippen LogP contribution in [0.25, 0.3) is 0 Å². The van der Waals surface area contributed by atoms with Crippen molar-refractivity contribution in [2.24, 2.45) is 5.92 Å². The fraction of sp³-hybridized carbons (Fsp3) is 1.00. The number of nitrogens with zero attached hydrogens (tertiary/aromatic N) is 1. The fourth-order valence-corrected chi connectivity index (χ4v) is 2.91. The van der Waals surface area contributed by atoms with Crippen LogP contribution in [-0.2, 0) is 4.74 Å². The summed E-state index contributed by atoms with van der Waals surface area (Å²) in [4.78, 5) is 2.43. The van der Waals surface area contributed by atoms with Crippen LogP contribution in [0.3, 0.4) is 0 Å². The van der Waals surface area contributed by atoms with Crippen molar-refractivity contribution in [2.75, 3.05) is 33.3 Å². The number of nitrogens with one attached hydrogen (secondary N) is 1. The van der Waals surface area contributed by atoms with Crippen LogP contribution in [0.15, 0.2) is 0 Å². The molecule has 2 aliphatic heterocycles. The zero-order valence-electron chi connectivity index (χ0n) is 10.7. The summed E-state index contributed by atoms with van der Waals surface area (Å²) in [5.74, 6) is 0.766. The molecule has 2 fully saturated rings. The maximum Gasteiger partial charge on any atom is 0.0699 e. The Morgan fingerprint density at radius 1 is 1.31 bits per heavy atom. The minimum atomic E-state index is 0.473. The van der Waals surface area contributed by atoms with Crippen LogP contribution >= 0.6 is 0 Å². The molecule has 2 saturated heterocycles. The molecule has 2 rings (SSSR count). The van der Waals surface area contributed by atoms with Crippen LogP contribution in [-0.4, -0.2) is 50.3 Å². The maximum atomic E-state index is 5.75. The molecule has 0 saturated carbocycles. The molecule has 0 aromatic rings. The second-order valence-corrected chi connectivity index (χ2v) is 5.53. The van der Waals surface area contributed by atoms with Crippen molar-refractivity contribution in [1.82, 2.24) is 10.2 Å². The van der Waals surface area contributed by atoms with Gasteiger partial charge in [0, 0.05) is 25.7 Å². The van der Waals surface area contributed by atoms with Gasteiger partial charge in [-0.3, -0.25) is 0 Å². The van der Waals surface area contributed by atoms with E-state index in [-0.39, 0.29) is 0 Å². The van der Waals surface area contributed by atoms with Gasteiger partial charge >= 0.3 is 0 Å². The Labute approximate surface area is 99.5 Å². The van der Waals surface area contributed by atoms with Crippen molar-refractivity contribution < 1.29 is 4.74 Å². The third-order valence-corrected chi connectivity index (χ3v) is 3.99. The molecule has 2 aliphatic rings. The van der Waals surface area contributed by atoms with Gasteiger partial charge in [0.25, 0.3) is 0 Å². The van der Waals surface area contributed by atoms with E-state index in [4.69, 9.17) is 4.74 Å². The summed E-state index contributed by atoms with van der Waals surface area (Å²) < 4.78 is 5.75. The third-order valence-electron chi connectivity index (χ3n) is 3.99. The predicted octanol–water partition coefficient (Wildman–Crippen LogP) is 1.49. The van der Waals surface area contributed by atoms with Crippen molar-refractivity contribution in [1.29, 1.82) is 0 Å². The highest BCUT2D eigenvalue weighted by Gasteiger charge is 2.24. The molecule has 1 N–H and O–H groups in total. The van der Waals surface area contributed by atoms with Crippen molar-refractivity contribution in [2.45, 2.75) is 44.8 Å². The molecule has 0 amide bonds. The SMILES string of the molecule is CC1CN(C)CCC1NCC1CCCCO1. The van der Waals surface area contributed by atoms with E-state index in [2.05, 4.69) is 24.2 Å². The lowest BCUT2D eigenvalue weighted by Crippen LogP contribution is -2.49. The number of likely N-dealkylation sites (tertiary alicyclic amines) is 1. The van der Waals surface area contributed by atoms with E-state index in [1.807, 2.05) is 0 Å². The highest BCUT2D eigenvalue weighted by atomic mass is 16.5. The molecule has 3 heteroatoms. The number of hydrogen-bond acceptors (Lipinski definition) is 3. The monoisotopic (exact) mass is 226 g/mol. The van der Waals surface area contributed by atoms with Gasteiger partial charge in [-0.1, -0.05) is 6.92 Å². The van der Waals surface area contributed by atoms with E-state index in [0.29, 0.717) is 12.1 Å². The molecule has 0 radical (unpaired) electrons. The number of piperidine rings is 1. The molecule has 2 heterocycles. The van der Waals surface area contributed by atoms with Gasteiger partial charge in [-0.05, 0) is 45.2 Å². The van der Waals surface area contributed by atoms with Gasteiger partial charge in [0.05, 0.1) is 6.10 Å². The van der Waals surface area contributed by atoms with Crippen LogP contribution < -0.4 is 5.32 Å². The molecule has 0 aromatic heterocycles. The molecule has 0 aromatic carbocycles. The topological polar surface area (TPSA) is 24.5 Å². The Morgan fingerprint density at radius 3 is 2.88 bits per heavy atom. The molecule has 0 spiro atoms. The fourth-order valence-electron chi connectivity index (χ4n) is 2.91. The van der Waals surface area contributed by atoms with Crippen LogP contribution in [0.5, 0.6) is 0 Å². The summed E-state index contributed by atoms with van der Waals surface area (Å²) in [7, 11) is 2.22. The molecule has 3 atom stereocenters. The Kier molecular flexibility index (Phi) is 4.62. The Hall–Kier alpha value is -0.120. The number of hydrogen-bond donors (Lipinski definition) is 1. The third kappa shape index (κ3) is 3.44. The van der Waals surface area contributed by atoms with E-state index in [0.717, 1.165) is 19.1 Å². The first kappa shape index (κ1) is 12.3. The lowest BCUT2D eigenvalue weighted by atomic mass is 9.94. The van der Waals surface area contributed by atoms with Crippen LogP contribution in [0.4, 0.5) is 0 Å². The maximum absolute atomic E-state index is 5.75. The van der Waals surface area contributed by atoms with Crippen molar-refractivity contribution >= 4 is 0 Å². The highest BCUT2D eigenvalue weighted by molar-refractivity contribution is 4.82. The van der Waals surface area contributed by atoms with Gasteiger partial charge in [-0.15, -0.1) is 0 Å². The standard InChI is InChI=1S/C13H26N2O/c1-11-10-15(2)7-6-13(11)14-9-12-5-3-4-8-16-12/h11-14H,3-10H2,1-2H3. The van der Waals surface area contributed by atoms with E-state index >= 15 is 0 Å². The van der Waals surface area contributed by atoms with E-state index in [1.165, 1.54) is 38.8 Å². The average molecular weight is 226 g/mol.